The van der Waals surface area contributed by atoms with Gasteiger partial charge < -0.3 is 4.74 Å². The molecule has 0 aliphatic carbocycles. The molecule has 0 radical (unpaired) electrons. The van der Waals surface area contributed by atoms with E-state index in [1.165, 1.54) is 0 Å². The summed E-state index contributed by atoms with van der Waals surface area (Å²) >= 11 is 0. The highest BCUT2D eigenvalue weighted by Crippen LogP contribution is 2.26. The van der Waals surface area contributed by atoms with E-state index in [1.807, 2.05) is 26.0 Å². The van der Waals surface area contributed by atoms with Gasteiger partial charge in [0.25, 0.3) is 0 Å². The summed E-state index contributed by atoms with van der Waals surface area (Å²) in [5.74, 6) is 1.43. The van der Waals surface area contributed by atoms with Crippen LogP contribution in [0.15, 0.2) is 36.4 Å². The molecular weight excluding hydrogens is 264 g/mol. The smallest absolute Gasteiger partial charge is 0.160 e. The standard InChI is InChI=1S/C18H18O3/c1-11-9-15(5-7-17(11)13(3)19)21-16-6-8-18(14(4)20)12(2)10-16/h5-10H,1-4H3. The van der Waals surface area contributed by atoms with E-state index < -0.39 is 0 Å². The van der Waals surface area contributed by atoms with Crippen molar-refractivity contribution in [2.45, 2.75) is 27.7 Å². The number of aryl methyl sites for hydroxylation is 2. The first kappa shape index (κ1) is 15.0. The third kappa shape index (κ3) is 3.37. The molecule has 0 heterocycles. The van der Waals surface area contributed by atoms with E-state index in [1.54, 1.807) is 38.1 Å². The van der Waals surface area contributed by atoms with Crippen molar-refractivity contribution >= 4 is 11.6 Å². The Labute approximate surface area is 124 Å². The first-order chi connectivity index (χ1) is 9.88. The zero-order valence-corrected chi connectivity index (χ0v) is 12.7. The fourth-order valence-electron chi connectivity index (χ4n) is 2.33. The van der Waals surface area contributed by atoms with Gasteiger partial charge in [0.2, 0.25) is 0 Å². The van der Waals surface area contributed by atoms with Crippen molar-refractivity contribution < 1.29 is 14.3 Å². The van der Waals surface area contributed by atoms with Crippen LogP contribution in [0.25, 0.3) is 0 Å². The Morgan fingerprint density at radius 2 is 1.14 bits per heavy atom. The number of ketones is 2. The molecule has 0 spiro atoms. The van der Waals surface area contributed by atoms with Gasteiger partial charge in [-0.25, -0.2) is 0 Å². The van der Waals surface area contributed by atoms with Gasteiger partial charge in [0.05, 0.1) is 0 Å². The fraction of sp³-hybridized carbons (Fsp3) is 0.222. The Kier molecular flexibility index (Phi) is 4.22. The number of carbonyl (C=O) groups is 2. The minimum Gasteiger partial charge on any atom is -0.457 e. The number of ether oxygens (including phenoxy) is 1. The molecule has 0 aromatic heterocycles. The summed E-state index contributed by atoms with van der Waals surface area (Å²) in [6.07, 6.45) is 0. The molecule has 3 nitrogen and oxygen atoms in total. The number of benzene rings is 2. The van der Waals surface area contributed by atoms with Crippen LogP contribution in [0.1, 0.15) is 45.7 Å². The summed E-state index contributed by atoms with van der Waals surface area (Å²) < 4.78 is 5.79. The number of hydrogen-bond acceptors (Lipinski definition) is 3. The van der Waals surface area contributed by atoms with Crippen LogP contribution in [0.4, 0.5) is 0 Å². The summed E-state index contributed by atoms with van der Waals surface area (Å²) in [7, 11) is 0. The first-order valence-electron chi connectivity index (χ1n) is 6.79. The lowest BCUT2D eigenvalue weighted by Gasteiger charge is -2.10. The lowest BCUT2D eigenvalue weighted by atomic mass is 10.0. The SMILES string of the molecule is CC(=O)c1ccc(Oc2ccc(C(C)=O)c(C)c2)cc1C. The lowest BCUT2D eigenvalue weighted by molar-refractivity contribution is 0.100. The molecule has 0 N–H and O–H groups in total. The summed E-state index contributed by atoms with van der Waals surface area (Å²) in [6.45, 7) is 6.86. The summed E-state index contributed by atoms with van der Waals surface area (Å²) in [5.41, 5.74) is 3.17. The van der Waals surface area contributed by atoms with Crippen LogP contribution in [-0.4, -0.2) is 11.6 Å². The van der Waals surface area contributed by atoms with E-state index in [4.69, 9.17) is 4.74 Å². The second-order valence-electron chi connectivity index (χ2n) is 5.17. The van der Waals surface area contributed by atoms with Gasteiger partial charge in [0.15, 0.2) is 11.6 Å². The van der Waals surface area contributed by atoms with Crippen LogP contribution < -0.4 is 4.74 Å². The maximum atomic E-state index is 11.4. The van der Waals surface area contributed by atoms with Crippen LogP contribution in [0.2, 0.25) is 0 Å². The van der Waals surface area contributed by atoms with Crippen molar-refractivity contribution in [2.24, 2.45) is 0 Å². The van der Waals surface area contributed by atoms with Gasteiger partial charge in [-0.05, 0) is 75.2 Å². The molecule has 108 valence electrons. The van der Waals surface area contributed by atoms with Gasteiger partial charge in [-0.15, -0.1) is 0 Å². The Hall–Kier alpha value is -2.42. The average molecular weight is 282 g/mol. The second kappa shape index (κ2) is 5.92. The normalized spacial score (nSPS) is 10.3. The molecule has 0 saturated heterocycles. The van der Waals surface area contributed by atoms with Crippen LogP contribution in [0.5, 0.6) is 11.5 Å². The van der Waals surface area contributed by atoms with Crippen molar-refractivity contribution in [3.8, 4) is 11.5 Å². The molecule has 2 rings (SSSR count). The zero-order valence-electron chi connectivity index (χ0n) is 12.7. The molecule has 0 fully saturated rings. The van der Waals surface area contributed by atoms with E-state index in [2.05, 4.69) is 0 Å². The summed E-state index contributed by atoms with van der Waals surface area (Å²) in [5, 5.41) is 0. The zero-order chi connectivity index (χ0) is 15.6. The molecule has 3 heteroatoms. The molecule has 0 amide bonds. The maximum absolute atomic E-state index is 11.4. The molecule has 0 unspecified atom stereocenters. The van der Waals surface area contributed by atoms with Crippen molar-refractivity contribution in [3.63, 3.8) is 0 Å². The monoisotopic (exact) mass is 282 g/mol. The minimum atomic E-state index is 0.0423. The van der Waals surface area contributed by atoms with Gasteiger partial charge in [0.1, 0.15) is 11.5 Å². The third-order valence-corrected chi connectivity index (χ3v) is 3.39. The van der Waals surface area contributed by atoms with Crippen LogP contribution in [0, 0.1) is 13.8 Å². The second-order valence-corrected chi connectivity index (χ2v) is 5.17. The molecule has 0 aliphatic heterocycles. The third-order valence-electron chi connectivity index (χ3n) is 3.39. The maximum Gasteiger partial charge on any atom is 0.160 e. The number of Topliss-reactive ketones (excluding diaryl/α,β-unsaturated/α-hetero) is 2. The van der Waals surface area contributed by atoms with E-state index in [-0.39, 0.29) is 11.6 Å². The molecule has 0 aliphatic rings. The van der Waals surface area contributed by atoms with E-state index in [0.717, 1.165) is 11.1 Å². The van der Waals surface area contributed by atoms with Gasteiger partial charge in [0, 0.05) is 11.1 Å². The lowest BCUT2D eigenvalue weighted by Crippen LogP contribution is -1.98. The predicted octanol–water partition coefficient (Wildman–Crippen LogP) is 4.50. The highest BCUT2D eigenvalue weighted by atomic mass is 16.5. The highest BCUT2D eigenvalue weighted by Gasteiger charge is 2.08. The van der Waals surface area contributed by atoms with Gasteiger partial charge in [-0.3, -0.25) is 9.59 Å². The number of rotatable bonds is 4. The Bertz CT molecular complexity index is 653. The van der Waals surface area contributed by atoms with E-state index in [9.17, 15) is 9.59 Å². The summed E-state index contributed by atoms with van der Waals surface area (Å²) in [4.78, 5) is 22.8. The van der Waals surface area contributed by atoms with E-state index in [0.29, 0.717) is 22.6 Å². The molecule has 0 bridgehead atoms. The quantitative estimate of drug-likeness (QED) is 0.775. The average Bonchev–Trinajstić information content (AvgIpc) is 2.37. The van der Waals surface area contributed by atoms with Crippen LogP contribution in [0.3, 0.4) is 0 Å². The molecule has 0 atom stereocenters. The van der Waals surface area contributed by atoms with Crippen molar-refractivity contribution in [2.75, 3.05) is 0 Å². The van der Waals surface area contributed by atoms with Gasteiger partial charge in [-0.1, -0.05) is 0 Å². The topological polar surface area (TPSA) is 43.4 Å². The number of hydrogen-bond donors (Lipinski definition) is 0. The molecular formula is C18H18O3. The Balaban J connectivity index is 2.26. The van der Waals surface area contributed by atoms with Crippen LogP contribution >= 0.6 is 0 Å². The Morgan fingerprint density at radius 1 is 0.762 bits per heavy atom. The van der Waals surface area contributed by atoms with Crippen molar-refractivity contribution in [1.82, 2.24) is 0 Å². The van der Waals surface area contributed by atoms with Crippen molar-refractivity contribution in [1.29, 1.82) is 0 Å². The molecule has 2 aromatic rings. The first-order valence-corrected chi connectivity index (χ1v) is 6.79. The Morgan fingerprint density at radius 3 is 1.43 bits per heavy atom. The number of carbonyl (C=O) groups excluding carboxylic acids is 2. The molecule has 21 heavy (non-hydrogen) atoms. The van der Waals surface area contributed by atoms with Crippen LogP contribution in [-0.2, 0) is 0 Å². The molecule has 2 aromatic carbocycles. The van der Waals surface area contributed by atoms with Gasteiger partial charge in [-0.2, -0.15) is 0 Å². The largest absolute Gasteiger partial charge is 0.457 e. The highest BCUT2D eigenvalue weighted by molar-refractivity contribution is 5.96. The van der Waals surface area contributed by atoms with Crippen molar-refractivity contribution in [3.05, 3.63) is 58.7 Å². The summed E-state index contributed by atoms with van der Waals surface area (Å²) in [6, 6.07) is 10.8. The molecule has 0 saturated carbocycles. The van der Waals surface area contributed by atoms with Gasteiger partial charge >= 0.3 is 0 Å². The fourth-order valence-corrected chi connectivity index (χ4v) is 2.33. The van der Waals surface area contributed by atoms with E-state index >= 15 is 0 Å². The minimum absolute atomic E-state index is 0.0423. The predicted molar refractivity (Wildman–Crippen MR) is 82.4 cm³/mol.